The minimum atomic E-state index is -5.41. The smallest absolute Gasteiger partial charge is 0.306 e. The second-order valence-electron chi connectivity index (χ2n) is 3.86. The molecule has 1 saturated heterocycles. The number of benzene rings is 1. The molecule has 21 heavy (non-hydrogen) atoms. The van der Waals surface area contributed by atoms with E-state index in [1.165, 1.54) is 12.1 Å². The van der Waals surface area contributed by atoms with Gasteiger partial charge in [-0.1, -0.05) is 18.2 Å². The predicted molar refractivity (Wildman–Crippen MR) is 68.5 cm³/mol. The number of amidine groups is 1. The molecule has 1 aliphatic heterocycles. The van der Waals surface area contributed by atoms with Crippen molar-refractivity contribution in [1.29, 1.82) is 0 Å². The maximum Gasteiger partial charge on any atom is 0.442 e. The van der Waals surface area contributed by atoms with Crippen LogP contribution in [0.4, 0.5) is 28.0 Å². The van der Waals surface area contributed by atoms with E-state index in [0.29, 0.717) is 5.69 Å². The fourth-order valence-corrected chi connectivity index (χ4v) is 2.18. The molecule has 1 aromatic rings. The summed E-state index contributed by atoms with van der Waals surface area (Å²) in [6.07, 6.45) is -5.41. The Labute approximate surface area is 119 Å². The van der Waals surface area contributed by atoms with Gasteiger partial charge < -0.3 is 10.6 Å². The molecule has 1 aromatic carbocycles. The highest BCUT2D eigenvalue weighted by Crippen LogP contribution is 2.46. The first-order valence-electron chi connectivity index (χ1n) is 5.43. The summed E-state index contributed by atoms with van der Waals surface area (Å²) in [6.45, 7) is 0. The molecule has 1 atom stereocenters. The van der Waals surface area contributed by atoms with Crippen LogP contribution in [0, 0.1) is 0 Å². The van der Waals surface area contributed by atoms with Crippen LogP contribution >= 0.6 is 11.8 Å². The lowest BCUT2D eigenvalue weighted by atomic mass is 10.3. The van der Waals surface area contributed by atoms with E-state index in [2.05, 4.69) is 10.3 Å². The van der Waals surface area contributed by atoms with Crippen molar-refractivity contribution in [2.75, 3.05) is 5.32 Å². The summed E-state index contributed by atoms with van der Waals surface area (Å²) in [5, 5.41) is -1.06. The van der Waals surface area contributed by atoms with E-state index in [4.69, 9.17) is 0 Å². The van der Waals surface area contributed by atoms with Crippen LogP contribution in [-0.2, 0) is 4.79 Å². The molecule has 2 rings (SSSR count). The van der Waals surface area contributed by atoms with Crippen molar-refractivity contribution >= 4 is 34.6 Å². The van der Waals surface area contributed by atoms with Gasteiger partial charge in [0.2, 0.25) is 0 Å². The average molecular weight is 321 g/mol. The molecule has 1 heterocycles. The summed E-state index contributed by atoms with van der Waals surface area (Å²) in [7, 11) is 0. The molecule has 0 bridgehead atoms. The van der Waals surface area contributed by atoms with Gasteiger partial charge in [-0.3, -0.25) is 4.79 Å². The molecule has 0 unspecified atom stereocenters. The van der Waals surface area contributed by atoms with E-state index in [9.17, 15) is 27.2 Å². The standard InChI is InChI=1S/C11H7F4N3O2S/c12-10(11(13,14)15)7(19)17-9(21-10)18-8(20)16-6-4-2-1-3-5-6/h1-5H,(H2,16,17,18,19,20)/t10-/m0/s1. The maximum atomic E-state index is 13.6. The Morgan fingerprint density at radius 1 is 1.29 bits per heavy atom. The number of thioether (sulfide) groups is 1. The number of nitrogens with one attached hydrogen (secondary N) is 2. The quantitative estimate of drug-likeness (QED) is 0.781. The van der Waals surface area contributed by atoms with E-state index in [0.717, 1.165) is 0 Å². The zero-order valence-corrected chi connectivity index (χ0v) is 10.9. The van der Waals surface area contributed by atoms with Crippen molar-refractivity contribution in [3.05, 3.63) is 30.3 Å². The van der Waals surface area contributed by atoms with Crippen molar-refractivity contribution in [3.63, 3.8) is 0 Å². The zero-order valence-electron chi connectivity index (χ0n) is 10.1. The Balaban J connectivity index is 2.10. The Morgan fingerprint density at radius 3 is 2.43 bits per heavy atom. The van der Waals surface area contributed by atoms with Crippen molar-refractivity contribution < 1.29 is 27.2 Å². The van der Waals surface area contributed by atoms with E-state index in [1.807, 2.05) is 0 Å². The van der Waals surface area contributed by atoms with Crippen molar-refractivity contribution in [2.24, 2.45) is 4.99 Å². The number of hydrogen-bond donors (Lipinski definition) is 2. The summed E-state index contributed by atoms with van der Waals surface area (Å²) in [5.74, 6) is -1.91. The van der Waals surface area contributed by atoms with Gasteiger partial charge in [0.25, 0.3) is 5.91 Å². The monoisotopic (exact) mass is 321 g/mol. The molecule has 1 aliphatic rings. The van der Waals surface area contributed by atoms with Crippen LogP contribution in [0.3, 0.4) is 0 Å². The number of urea groups is 1. The molecule has 112 valence electrons. The molecule has 1 fully saturated rings. The third kappa shape index (κ3) is 3.15. The second kappa shape index (κ2) is 5.35. The Morgan fingerprint density at radius 2 is 1.90 bits per heavy atom. The highest BCUT2D eigenvalue weighted by molar-refractivity contribution is 8.16. The lowest BCUT2D eigenvalue weighted by Gasteiger charge is -2.17. The molecule has 10 heteroatoms. The van der Waals surface area contributed by atoms with Crippen LogP contribution in [0.25, 0.3) is 0 Å². The Kier molecular flexibility index (Phi) is 3.90. The molecular formula is C11H7F4N3O2S. The van der Waals surface area contributed by atoms with Gasteiger partial charge in [0, 0.05) is 5.69 Å². The van der Waals surface area contributed by atoms with Gasteiger partial charge in [-0.05, 0) is 23.9 Å². The summed E-state index contributed by atoms with van der Waals surface area (Å²) in [5.41, 5.74) is 0.350. The van der Waals surface area contributed by atoms with Crippen LogP contribution in [0.1, 0.15) is 0 Å². The summed E-state index contributed by atoms with van der Waals surface area (Å²) in [6, 6.07) is 6.93. The molecule has 0 saturated carbocycles. The third-order valence-corrected chi connectivity index (χ3v) is 3.43. The first-order chi connectivity index (χ1) is 9.72. The number of aliphatic imine (C=N–C) groups is 1. The summed E-state index contributed by atoms with van der Waals surface area (Å²) in [4.78, 5) is 25.7. The lowest BCUT2D eigenvalue weighted by Crippen LogP contribution is -2.45. The van der Waals surface area contributed by atoms with Crippen molar-refractivity contribution in [1.82, 2.24) is 5.32 Å². The van der Waals surface area contributed by atoms with E-state index < -0.39 is 40.0 Å². The van der Waals surface area contributed by atoms with Gasteiger partial charge in [-0.2, -0.15) is 18.2 Å². The maximum absolute atomic E-state index is 13.6. The minimum absolute atomic E-state index is 0.350. The molecule has 5 nitrogen and oxygen atoms in total. The number of carbonyl (C=O) groups is 2. The number of para-hydroxylation sites is 1. The number of halogens is 4. The zero-order chi connectivity index (χ0) is 15.7. The topological polar surface area (TPSA) is 70.6 Å². The highest BCUT2D eigenvalue weighted by Gasteiger charge is 2.67. The molecule has 3 amide bonds. The molecule has 0 aromatic heterocycles. The number of hydrogen-bond acceptors (Lipinski definition) is 3. The van der Waals surface area contributed by atoms with Gasteiger partial charge >= 0.3 is 17.2 Å². The van der Waals surface area contributed by atoms with Crippen molar-refractivity contribution in [2.45, 2.75) is 11.2 Å². The van der Waals surface area contributed by atoms with E-state index >= 15 is 0 Å². The van der Waals surface area contributed by atoms with Crippen LogP contribution in [-0.4, -0.2) is 28.3 Å². The van der Waals surface area contributed by atoms with Crippen LogP contribution in [0.5, 0.6) is 0 Å². The number of rotatable bonds is 1. The first-order valence-corrected chi connectivity index (χ1v) is 6.25. The fraction of sp³-hybridized carbons (Fsp3) is 0.182. The molecular weight excluding hydrogens is 314 g/mol. The Hall–Kier alpha value is -2.10. The van der Waals surface area contributed by atoms with E-state index in [1.54, 1.807) is 23.5 Å². The number of amides is 3. The molecule has 0 radical (unpaired) electrons. The lowest BCUT2D eigenvalue weighted by molar-refractivity contribution is -0.195. The molecule has 2 N–H and O–H groups in total. The number of alkyl halides is 4. The number of nitrogens with zero attached hydrogens (tertiary/aromatic N) is 1. The van der Waals surface area contributed by atoms with Gasteiger partial charge in [0.1, 0.15) is 0 Å². The predicted octanol–water partition coefficient (Wildman–Crippen LogP) is 2.67. The summed E-state index contributed by atoms with van der Waals surface area (Å²) >= 11 is -0.496. The number of anilines is 1. The van der Waals surface area contributed by atoms with Gasteiger partial charge in [0.05, 0.1) is 0 Å². The fourth-order valence-electron chi connectivity index (χ4n) is 1.39. The van der Waals surface area contributed by atoms with Gasteiger partial charge in [-0.15, -0.1) is 0 Å². The molecule has 0 aliphatic carbocycles. The van der Waals surface area contributed by atoms with Crippen LogP contribution < -0.4 is 10.6 Å². The van der Waals surface area contributed by atoms with E-state index in [-0.39, 0.29) is 0 Å². The molecule has 0 spiro atoms. The number of carbonyl (C=O) groups excluding carboxylic acids is 2. The third-order valence-electron chi connectivity index (χ3n) is 2.34. The normalized spacial score (nSPS) is 24.0. The summed E-state index contributed by atoms with van der Waals surface area (Å²) < 4.78 is 50.9. The Bertz CT molecular complexity index is 605. The first kappa shape index (κ1) is 15.3. The van der Waals surface area contributed by atoms with Gasteiger partial charge in [0.15, 0.2) is 5.17 Å². The minimum Gasteiger partial charge on any atom is -0.306 e. The van der Waals surface area contributed by atoms with Gasteiger partial charge in [-0.25, -0.2) is 9.18 Å². The average Bonchev–Trinajstić information content (AvgIpc) is 2.66. The van der Waals surface area contributed by atoms with Crippen LogP contribution in [0.2, 0.25) is 0 Å². The van der Waals surface area contributed by atoms with Crippen molar-refractivity contribution in [3.8, 4) is 0 Å². The SMILES string of the molecule is O=C(/N=C1\NC(=O)[C@@](F)(C(F)(F)F)S1)Nc1ccccc1. The second-order valence-corrected chi connectivity index (χ2v) is 5.02. The highest BCUT2D eigenvalue weighted by atomic mass is 32.2. The largest absolute Gasteiger partial charge is 0.442 e. The van der Waals surface area contributed by atoms with Crippen LogP contribution in [0.15, 0.2) is 35.3 Å².